The van der Waals surface area contributed by atoms with Gasteiger partial charge < -0.3 is 16.2 Å². The Bertz CT molecular complexity index is 648. The van der Waals surface area contributed by atoms with Crippen LogP contribution in [0.15, 0.2) is 36.4 Å². The molecule has 0 radical (unpaired) electrons. The molecule has 4 heteroatoms. The van der Waals surface area contributed by atoms with Crippen molar-refractivity contribution in [2.75, 3.05) is 12.3 Å². The highest BCUT2D eigenvalue weighted by atomic mass is 16.5. The normalized spacial score (nSPS) is 12.8. The number of ether oxygens (including phenoxy) is 1. The maximum absolute atomic E-state index is 11.5. The number of anilines is 1. The van der Waals surface area contributed by atoms with Gasteiger partial charge in [-0.2, -0.15) is 0 Å². The number of carbonyl (C=O) groups is 1. The lowest BCUT2D eigenvalue weighted by Crippen LogP contribution is -2.12. The van der Waals surface area contributed by atoms with Crippen molar-refractivity contribution in [2.24, 2.45) is 5.73 Å². The number of nitrogen functional groups attached to an aromatic ring is 1. The zero-order valence-corrected chi connectivity index (χ0v) is 10.3. The van der Waals surface area contributed by atoms with Crippen LogP contribution in [0.3, 0.4) is 0 Å². The molecular weight excluding hydrogens is 240 g/mol. The molecule has 0 saturated carbocycles. The first kappa shape index (κ1) is 11.6. The van der Waals surface area contributed by atoms with Gasteiger partial charge in [0.15, 0.2) is 0 Å². The number of benzene rings is 2. The SMILES string of the molecule is NC(=O)c1cc(-c2ccc(N)cc2)cc2c1OCC2. The van der Waals surface area contributed by atoms with Crippen LogP contribution in [0.5, 0.6) is 5.75 Å². The monoisotopic (exact) mass is 254 g/mol. The van der Waals surface area contributed by atoms with E-state index >= 15 is 0 Å². The second-order valence-corrected chi connectivity index (χ2v) is 4.60. The zero-order valence-electron chi connectivity index (χ0n) is 10.3. The molecule has 0 bridgehead atoms. The van der Waals surface area contributed by atoms with E-state index < -0.39 is 5.91 Å². The molecule has 96 valence electrons. The predicted octanol–water partition coefficient (Wildman–Crippen LogP) is 1.97. The average molecular weight is 254 g/mol. The van der Waals surface area contributed by atoms with E-state index in [0.717, 1.165) is 23.1 Å². The van der Waals surface area contributed by atoms with Gasteiger partial charge in [-0.3, -0.25) is 4.79 Å². The summed E-state index contributed by atoms with van der Waals surface area (Å²) < 4.78 is 5.48. The Morgan fingerprint density at radius 1 is 1.11 bits per heavy atom. The van der Waals surface area contributed by atoms with Crippen molar-refractivity contribution in [1.29, 1.82) is 0 Å². The maximum Gasteiger partial charge on any atom is 0.252 e. The molecule has 0 spiro atoms. The Balaban J connectivity index is 2.15. The van der Waals surface area contributed by atoms with E-state index in [1.807, 2.05) is 30.3 Å². The fourth-order valence-electron chi connectivity index (χ4n) is 2.33. The fraction of sp³-hybridized carbons (Fsp3) is 0.133. The van der Waals surface area contributed by atoms with Gasteiger partial charge in [-0.1, -0.05) is 12.1 Å². The molecule has 0 saturated heterocycles. The minimum Gasteiger partial charge on any atom is -0.492 e. The molecule has 0 atom stereocenters. The second kappa shape index (κ2) is 4.31. The van der Waals surface area contributed by atoms with Crippen molar-refractivity contribution in [2.45, 2.75) is 6.42 Å². The quantitative estimate of drug-likeness (QED) is 0.804. The summed E-state index contributed by atoms with van der Waals surface area (Å²) in [5.41, 5.74) is 15.2. The first-order valence-electron chi connectivity index (χ1n) is 6.10. The van der Waals surface area contributed by atoms with Crippen LogP contribution in [0.4, 0.5) is 5.69 Å². The minimum absolute atomic E-state index is 0.446. The van der Waals surface area contributed by atoms with E-state index in [0.29, 0.717) is 23.6 Å². The minimum atomic E-state index is -0.463. The van der Waals surface area contributed by atoms with Crippen molar-refractivity contribution >= 4 is 11.6 Å². The Morgan fingerprint density at radius 3 is 2.53 bits per heavy atom. The lowest BCUT2D eigenvalue weighted by Gasteiger charge is -2.09. The molecule has 4 nitrogen and oxygen atoms in total. The fourth-order valence-corrected chi connectivity index (χ4v) is 2.33. The number of fused-ring (bicyclic) bond motifs is 1. The standard InChI is InChI=1S/C15H14N2O2/c16-12-3-1-9(2-4-12)11-7-10-5-6-19-14(10)13(8-11)15(17)18/h1-4,7-8H,5-6,16H2,(H2,17,18). The molecule has 0 fully saturated rings. The van der Waals surface area contributed by atoms with E-state index in [-0.39, 0.29) is 0 Å². The van der Waals surface area contributed by atoms with Crippen LogP contribution in [0.25, 0.3) is 11.1 Å². The van der Waals surface area contributed by atoms with Gasteiger partial charge in [0, 0.05) is 12.1 Å². The van der Waals surface area contributed by atoms with Crippen LogP contribution in [0, 0.1) is 0 Å². The molecule has 0 unspecified atom stereocenters. The molecular formula is C15H14N2O2. The van der Waals surface area contributed by atoms with Crippen LogP contribution >= 0.6 is 0 Å². The van der Waals surface area contributed by atoms with Gasteiger partial charge in [-0.05, 0) is 41.0 Å². The molecule has 2 aromatic rings. The highest BCUT2D eigenvalue weighted by molar-refractivity contribution is 5.97. The summed E-state index contributed by atoms with van der Waals surface area (Å²) in [6.07, 6.45) is 0.804. The van der Waals surface area contributed by atoms with Gasteiger partial charge in [-0.15, -0.1) is 0 Å². The Morgan fingerprint density at radius 2 is 1.84 bits per heavy atom. The highest BCUT2D eigenvalue weighted by Crippen LogP contribution is 2.34. The van der Waals surface area contributed by atoms with E-state index in [2.05, 4.69) is 0 Å². The summed E-state index contributed by atoms with van der Waals surface area (Å²) in [6.45, 7) is 0.598. The van der Waals surface area contributed by atoms with Crippen molar-refractivity contribution in [3.05, 3.63) is 47.5 Å². The van der Waals surface area contributed by atoms with Crippen molar-refractivity contribution in [3.8, 4) is 16.9 Å². The third kappa shape index (κ3) is 2.01. The summed E-state index contributed by atoms with van der Waals surface area (Å²) in [7, 11) is 0. The molecule has 0 aromatic heterocycles. The number of nitrogens with two attached hydrogens (primary N) is 2. The van der Waals surface area contributed by atoms with Crippen molar-refractivity contribution < 1.29 is 9.53 Å². The molecule has 19 heavy (non-hydrogen) atoms. The van der Waals surface area contributed by atoms with E-state index in [1.165, 1.54) is 0 Å². The van der Waals surface area contributed by atoms with Crippen molar-refractivity contribution in [3.63, 3.8) is 0 Å². The molecule has 3 rings (SSSR count). The van der Waals surface area contributed by atoms with Gasteiger partial charge >= 0.3 is 0 Å². The molecule has 2 aromatic carbocycles. The van der Waals surface area contributed by atoms with Crippen LogP contribution in [0.1, 0.15) is 15.9 Å². The smallest absolute Gasteiger partial charge is 0.252 e. The molecule has 1 aliphatic rings. The van der Waals surface area contributed by atoms with Gasteiger partial charge in [0.2, 0.25) is 0 Å². The van der Waals surface area contributed by atoms with E-state index in [9.17, 15) is 4.79 Å². The molecule has 1 heterocycles. The van der Waals surface area contributed by atoms with Crippen LogP contribution in [-0.2, 0) is 6.42 Å². The number of carbonyl (C=O) groups excluding carboxylic acids is 1. The lowest BCUT2D eigenvalue weighted by molar-refractivity contribution is 0.0997. The average Bonchev–Trinajstić information content (AvgIpc) is 2.86. The summed E-state index contributed by atoms with van der Waals surface area (Å²) in [6, 6.07) is 11.3. The predicted molar refractivity (Wildman–Crippen MR) is 74.0 cm³/mol. The summed E-state index contributed by atoms with van der Waals surface area (Å²) in [4.78, 5) is 11.5. The maximum atomic E-state index is 11.5. The number of amides is 1. The third-order valence-corrected chi connectivity index (χ3v) is 3.29. The Labute approximate surface area is 111 Å². The topological polar surface area (TPSA) is 78.3 Å². The molecule has 4 N–H and O–H groups in total. The third-order valence-electron chi connectivity index (χ3n) is 3.29. The van der Waals surface area contributed by atoms with Gasteiger partial charge in [0.1, 0.15) is 5.75 Å². The van der Waals surface area contributed by atoms with Gasteiger partial charge in [-0.25, -0.2) is 0 Å². The first-order chi connectivity index (χ1) is 9.15. The number of hydrogen-bond donors (Lipinski definition) is 2. The van der Waals surface area contributed by atoms with Crippen molar-refractivity contribution in [1.82, 2.24) is 0 Å². The second-order valence-electron chi connectivity index (χ2n) is 4.60. The van der Waals surface area contributed by atoms with E-state index in [1.54, 1.807) is 6.07 Å². The number of primary amides is 1. The summed E-state index contributed by atoms with van der Waals surface area (Å²) in [5, 5.41) is 0. The largest absolute Gasteiger partial charge is 0.492 e. The van der Waals surface area contributed by atoms with Gasteiger partial charge in [0.05, 0.1) is 12.2 Å². The van der Waals surface area contributed by atoms with Crippen LogP contribution in [-0.4, -0.2) is 12.5 Å². The zero-order chi connectivity index (χ0) is 13.4. The molecule has 1 amide bonds. The van der Waals surface area contributed by atoms with Crippen LogP contribution < -0.4 is 16.2 Å². The Hall–Kier alpha value is -2.49. The first-order valence-corrected chi connectivity index (χ1v) is 6.10. The summed E-state index contributed by atoms with van der Waals surface area (Å²) >= 11 is 0. The number of rotatable bonds is 2. The number of hydrogen-bond acceptors (Lipinski definition) is 3. The molecule has 0 aliphatic carbocycles. The van der Waals surface area contributed by atoms with Gasteiger partial charge in [0.25, 0.3) is 5.91 Å². The molecule has 1 aliphatic heterocycles. The highest BCUT2D eigenvalue weighted by Gasteiger charge is 2.21. The Kier molecular flexibility index (Phi) is 2.63. The summed E-state index contributed by atoms with van der Waals surface area (Å²) in [5.74, 6) is 0.169. The lowest BCUT2D eigenvalue weighted by atomic mass is 9.98. The van der Waals surface area contributed by atoms with E-state index in [4.69, 9.17) is 16.2 Å². The van der Waals surface area contributed by atoms with Crippen LogP contribution in [0.2, 0.25) is 0 Å².